The zero-order valence-corrected chi connectivity index (χ0v) is 12.6. The Labute approximate surface area is 116 Å². The summed E-state index contributed by atoms with van der Waals surface area (Å²) in [7, 11) is 6.48. The second-order valence-corrected chi connectivity index (χ2v) is 6.06. The normalized spacial score (nSPS) is 19.1. The monoisotopic (exact) mass is 262 g/mol. The van der Waals surface area contributed by atoms with Crippen LogP contribution >= 0.6 is 0 Å². The highest BCUT2D eigenvalue weighted by Gasteiger charge is 2.40. The zero-order valence-electron chi connectivity index (χ0n) is 12.6. The highest BCUT2D eigenvalue weighted by molar-refractivity contribution is 5.54. The van der Waals surface area contributed by atoms with E-state index >= 15 is 0 Å². The van der Waals surface area contributed by atoms with Crippen LogP contribution in [0.4, 0.5) is 5.69 Å². The number of hydrogen-bond acceptors (Lipinski definition) is 3. The van der Waals surface area contributed by atoms with E-state index in [9.17, 15) is 5.11 Å². The van der Waals surface area contributed by atoms with E-state index in [1.165, 1.54) is 19.3 Å². The van der Waals surface area contributed by atoms with Crippen LogP contribution in [-0.4, -0.2) is 43.2 Å². The first kappa shape index (κ1) is 14.4. The lowest BCUT2D eigenvalue weighted by atomic mass is 9.75. The molecule has 1 N–H and O–H groups in total. The SMILES string of the molecule is C[C@@H](O)c1ccccc1N(C)CC1(N(C)C)CCC1. The van der Waals surface area contributed by atoms with Gasteiger partial charge in [0.2, 0.25) is 0 Å². The van der Waals surface area contributed by atoms with Gasteiger partial charge in [0.05, 0.1) is 6.10 Å². The molecule has 0 saturated heterocycles. The summed E-state index contributed by atoms with van der Waals surface area (Å²) in [6.07, 6.45) is 3.43. The van der Waals surface area contributed by atoms with Crippen LogP contribution < -0.4 is 4.90 Å². The number of aliphatic hydroxyl groups excluding tert-OH is 1. The maximum atomic E-state index is 9.90. The molecule has 3 nitrogen and oxygen atoms in total. The molecule has 3 heteroatoms. The number of nitrogens with zero attached hydrogens (tertiary/aromatic N) is 2. The summed E-state index contributed by atoms with van der Waals surface area (Å²) in [6.45, 7) is 2.85. The van der Waals surface area contributed by atoms with Crippen molar-refractivity contribution in [3.05, 3.63) is 29.8 Å². The molecule has 1 atom stereocenters. The van der Waals surface area contributed by atoms with Crippen molar-refractivity contribution in [3.63, 3.8) is 0 Å². The topological polar surface area (TPSA) is 26.7 Å². The maximum Gasteiger partial charge on any atom is 0.0781 e. The minimum Gasteiger partial charge on any atom is -0.389 e. The van der Waals surface area contributed by atoms with Gasteiger partial charge in [-0.1, -0.05) is 18.2 Å². The quantitative estimate of drug-likeness (QED) is 0.884. The van der Waals surface area contributed by atoms with Gasteiger partial charge in [-0.3, -0.25) is 0 Å². The smallest absolute Gasteiger partial charge is 0.0781 e. The molecule has 1 aliphatic carbocycles. The fraction of sp³-hybridized carbons (Fsp3) is 0.625. The largest absolute Gasteiger partial charge is 0.389 e. The third-order valence-electron chi connectivity index (χ3n) is 4.56. The highest BCUT2D eigenvalue weighted by Crippen LogP contribution is 2.38. The predicted octanol–water partition coefficient (Wildman–Crippen LogP) is 2.66. The van der Waals surface area contributed by atoms with Gasteiger partial charge in [0.25, 0.3) is 0 Å². The number of hydrogen-bond donors (Lipinski definition) is 1. The van der Waals surface area contributed by atoms with Crippen molar-refractivity contribution in [1.82, 2.24) is 4.90 Å². The van der Waals surface area contributed by atoms with E-state index in [0.29, 0.717) is 5.54 Å². The molecule has 0 radical (unpaired) electrons. The summed E-state index contributed by atoms with van der Waals surface area (Å²) in [6, 6.07) is 8.15. The Morgan fingerprint density at radius 2 is 1.84 bits per heavy atom. The third-order valence-corrected chi connectivity index (χ3v) is 4.56. The van der Waals surface area contributed by atoms with Gasteiger partial charge in [0.15, 0.2) is 0 Å². The minimum atomic E-state index is -0.421. The van der Waals surface area contributed by atoms with Crippen LogP contribution in [0.1, 0.15) is 37.9 Å². The molecule has 0 unspecified atom stereocenters. The van der Waals surface area contributed by atoms with E-state index in [1.54, 1.807) is 0 Å². The lowest BCUT2D eigenvalue weighted by Crippen LogP contribution is -2.56. The number of anilines is 1. The first-order chi connectivity index (χ1) is 8.96. The molecule has 0 aromatic heterocycles. The van der Waals surface area contributed by atoms with Crippen LogP contribution in [0.2, 0.25) is 0 Å². The van der Waals surface area contributed by atoms with Crippen LogP contribution in [-0.2, 0) is 0 Å². The molecular weight excluding hydrogens is 236 g/mol. The summed E-state index contributed by atoms with van der Waals surface area (Å²) in [5.74, 6) is 0. The van der Waals surface area contributed by atoms with E-state index in [-0.39, 0.29) is 0 Å². The number of para-hydroxylation sites is 1. The third kappa shape index (κ3) is 2.77. The molecule has 1 aromatic rings. The van der Waals surface area contributed by atoms with Crippen LogP contribution in [0.3, 0.4) is 0 Å². The van der Waals surface area contributed by atoms with Crippen molar-refractivity contribution in [2.75, 3.05) is 32.6 Å². The van der Waals surface area contributed by atoms with E-state index in [2.05, 4.69) is 37.0 Å². The van der Waals surface area contributed by atoms with E-state index < -0.39 is 6.10 Å². The van der Waals surface area contributed by atoms with Crippen molar-refractivity contribution < 1.29 is 5.11 Å². The van der Waals surface area contributed by atoms with Gasteiger partial charge in [-0.25, -0.2) is 0 Å². The van der Waals surface area contributed by atoms with Crippen molar-refractivity contribution in [3.8, 4) is 0 Å². The molecule has 1 fully saturated rings. The second-order valence-electron chi connectivity index (χ2n) is 6.06. The molecule has 19 heavy (non-hydrogen) atoms. The maximum absolute atomic E-state index is 9.90. The molecule has 0 bridgehead atoms. The number of benzene rings is 1. The lowest BCUT2D eigenvalue weighted by Gasteiger charge is -2.49. The molecule has 0 heterocycles. The van der Waals surface area contributed by atoms with Gasteiger partial charge in [0, 0.05) is 30.4 Å². The standard InChI is InChI=1S/C16H26N2O/c1-13(19)14-8-5-6-9-15(14)18(4)12-16(17(2)3)10-7-11-16/h5-6,8-9,13,19H,7,10-12H2,1-4H3/t13-/m1/s1. The molecule has 2 rings (SSSR count). The van der Waals surface area contributed by atoms with Gasteiger partial charge in [0.1, 0.15) is 0 Å². The average molecular weight is 262 g/mol. The minimum absolute atomic E-state index is 0.306. The zero-order chi connectivity index (χ0) is 14.0. The Morgan fingerprint density at radius 1 is 1.21 bits per heavy atom. The Kier molecular flexibility index (Phi) is 4.16. The summed E-state index contributed by atoms with van der Waals surface area (Å²) in [4.78, 5) is 4.65. The predicted molar refractivity (Wildman–Crippen MR) is 80.6 cm³/mol. The summed E-state index contributed by atoms with van der Waals surface area (Å²) >= 11 is 0. The number of rotatable bonds is 5. The van der Waals surface area contributed by atoms with Gasteiger partial charge in [-0.2, -0.15) is 0 Å². The molecule has 0 amide bonds. The highest BCUT2D eigenvalue weighted by atomic mass is 16.3. The van der Waals surface area contributed by atoms with Crippen molar-refractivity contribution in [1.29, 1.82) is 0 Å². The Balaban J connectivity index is 2.18. The van der Waals surface area contributed by atoms with Crippen LogP contribution in [0.25, 0.3) is 0 Å². The van der Waals surface area contributed by atoms with E-state index in [4.69, 9.17) is 0 Å². The van der Waals surface area contributed by atoms with E-state index in [1.807, 2.05) is 25.1 Å². The number of likely N-dealkylation sites (N-methyl/N-ethyl adjacent to an activating group) is 2. The average Bonchev–Trinajstić information content (AvgIpc) is 2.33. The first-order valence-corrected chi connectivity index (χ1v) is 7.12. The van der Waals surface area contributed by atoms with Gasteiger partial charge in [-0.05, 0) is 46.3 Å². The van der Waals surface area contributed by atoms with Crippen LogP contribution in [0.5, 0.6) is 0 Å². The molecular formula is C16H26N2O. The molecule has 0 aliphatic heterocycles. The van der Waals surface area contributed by atoms with Crippen LogP contribution in [0.15, 0.2) is 24.3 Å². The molecule has 0 spiro atoms. The second kappa shape index (κ2) is 5.51. The summed E-state index contributed by atoms with van der Waals surface area (Å²) < 4.78 is 0. The first-order valence-electron chi connectivity index (χ1n) is 7.12. The van der Waals surface area contributed by atoms with Crippen molar-refractivity contribution in [2.24, 2.45) is 0 Å². The summed E-state index contributed by atoms with van der Waals surface area (Å²) in [5, 5.41) is 9.90. The summed E-state index contributed by atoms with van der Waals surface area (Å²) in [5.41, 5.74) is 2.46. The van der Waals surface area contributed by atoms with Gasteiger partial charge < -0.3 is 14.9 Å². The Morgan fingerprint density at radius 3 is 2.32 bits per heavy atom. The molecule has 1 saturated carbocycles. The lowest BCUT2D eigenvalue weighted by molar-refractivity contribution is 0.0682. The fourth-order valence-corrected chi connectivity index (χ4v) is 3.05. The fourth-order valence-electron chi connectivity index (χ4n) is 3.05. The van der Waals surface area contributed by atoms with Crippen molar-refractivity contribution in [2.45, 2.75) is 37.8 Å². The van der Waals surface area contributed by atoms with E-state index in [0.717, 1.165) is 17.8 Å². The molecule has 1 aliphatic rings. The Bertz CT molecular complexity index is 425. The van der Waals surface area contributed by atoms with Gasteiger partial charge >= 0.3 is 0 Å². The van der Waals surface area contributed by atoms with Gasteiger partial charge in [-0.15, -0.1) is 0 Å². The molecule has 1 aromatic carbocycles. The van der Waals surface area contributed by atoms with Crippen molar-refractivity contribution >= 4 is 5.69 Å². The van der Waals surface area contributed by atoms with Crippen LogP contribution in [0, 0.1) is 0 Å². The Hall–Kier alpha value is -1.06. The molecule has 106 valence electrons. The number of aliphatic hydroxyl groups is 1.